The molecule has 0 saturated heterocycles. The summed E-state index contributed by atoms with van der Waals surface area (Å²) in [7, 11) is -3.08. The molecule has 1 fully saturated rings. The molecule has 0 spiro atoms. The van der Waals surface area contributed by atoms with E-state index in [9.17, 15) is 8.42 Å². The molecule has 1 aromatic carbocycles. The minimum absolute atomic E-state index is 0.149. The Hall–Kier alpha value is -1.03. The highest BCUT2D eigenvalue weighted by molar-refractivity contribution is 7.91. The van der Waals surface area contributed by atoms with Crippen molar-refractivity contribution < 1.29 is 8.42 Å². The molecule has 0 heterocycles. The second kappa shape index (κ2) is 4.57. The molecule has 4 heteroatoms. The fraction of sp³-hybridized carbons (Fsp3) is 0.571. The van der Waals surface area contributed by atoms with Crippen LogP contribution in [0.25, 0.3) is 0 Å². The van der Waals surface area contributed by atoms with Gasteiger partial charge in [-0.05, 0) is 42.0 Å². The van der Waals surface area contributed by atoms with Gasteiger partial charge in [-0.1, -0.05) is 20.8 Å². The Balaban J connectivity index is 1.96. The van der Waals surface area contributed by atoms with Crippen molar-refractivity contribution in [2.45, 2.75) is 32.1 Å². The van der Waals surface area contributed by atoms with Gasteiger partial charge in [-0.3, -0.25) is 0 Å². The summed E-state index contributed by atoms with van der Waals surface area (Å²) in [5, 5.41) is 3.36. The highest BCUT2D eigenvalue weighted by Gasteiger charge is 2.44. The fourth-order valence-corrected chi connectivity index (χ4v) is 3.00. The summed E-state index contributed by atoms with van der Waals surface area (Å²) in [6.07, 6.45) is 1.27. The van der Waals surface area contributed by atoms with Crippen LogP contribution >= 0.6 is 0 Å². The Bertz CT molecular complexity index is 517. The van der Waals surface area contributed by atoms with Crippen LogP contribution < -0.4 is 5.32 Å². The first kappa shape index (κ1) is 13.4. The Morgan fingerprint density at radius 2 is 1.83 bits per heavy atom. The molecular weight excluding hydrogens is 246 g/mol. The lowest BCUT2D eigenvalue weighted by molar-refractivity contribution is 0.573. The van der Waals surface area contributed by atoms with Gasteiger partial charge in [0, 0.05) is 12.2 Å². The number of hydrogen-bond acceptors (Lipinski definition) is 3. The Labute approximate surface area is 110 Å². The SMILES string of the molecule is CCS(=O)(=O)c1ccc(NCC2CC2(C)C)cc1. The number of anilines is 1. The molecule has 100 valence electrons. The Morgan fingerprint density at radius 1 is 1.28 bits per heavy atom. The number of sulfone groups is 1. The predicted octanol–water partition coefficient (Wildman–Crippen LogP) is 2.94. The normalized spacial score (nSPS) is 21.6. The standard InChI is InChI=1S/C14H21NO2S/c1-4-18(16,17)13-7-5-12(6-8-13)15-10-11-9-14(11,2)3/h5-8,11,15H,4,9-10H2,1-3H3. The van der Waals surface area contributed by atoms with Crippen LogP contribution in [0.15, 0.2) is 29.2 Å². The van der Waals surface area contributed by atoms with Crippen molar-refractivity contribution in [1.29, 1.82) is 0 Å². The zero-order valence-electron chi connectivity index (χ0n) is 11.2. The zero-order valence-corrected chi connectivity index (χ0v) is 12.0. The first-order valence-corrected chi connectivity index (χ1v) is 8.07. The maximum atomic E-state index is 11.7. The fourth-order valence-electron chi connectivity index (χ4n) is 2.11. The van der Waals surface area contributed by atoms with Gasteiger partial charge in [-0.25, -0.2) is 8.42 Å². The van der Waals surface area contributed by atoms with Crippen LogP contribution in [0.5, 0.6) is 0 Å². The van der Waals surface area contributed by atoms with Gasteiger partial charge in [0.2, 0.25) is 0 Å². The van der Waals surface area contributed by atoms with Gasteiger partial charge in [0.1, 0.15) is 0 Å². The maximum absolute atomic E-state index is 11.7. The molecule has 2 rings (SSSR count). The molecule has 1 saturated carbocycles. The van der Waals surface area contributed by atoms with E-state index in [0.29, 0.717) is 10.3 Å². The van der Waals surface area contributed by atoms with Crippen LogP contribution in [0.1, 0.15) is 27.2 Å². The lowest BCUT2D eigenvalue weighted by Gasteiger charge is -2.08. The minimum Gasteiger partial charge on any atom is -0.385 e. The first-order chi connectivity index (χ1) is 8.35. The van der Waals surface area contributed by atoms with Gasteiger partial charge >= 0.3 is 0 Å². The van der Waals surface area contributed by atoms with Gasteiger partial charge < -0.3 is 5.32 Å². The van der Waals surface area contributed by atoms with E-state index in [0.717, 1.165) is 18.2 Å². The van der Waals surface area contributed by atoms with Crippen LogP contribution in [0.4, 0.5) is 5.69 Å². The zero-order chi connectivity index (χ0) is 13.4. The van der Waals surface area contributed by atoms with Crippen LogP contribution in [-0.4, -0.2) is 20.7 Å². The maximum Gasteiger partial charge on any atom is 0.178 e. The third-order valence-corrected chi connectivity index (χ3v) is 5.61. The molecule has 0 bridgehead atoms. The van der Waals surface area contributed by atoms with E-state index in [1.165, 1.54) is 6.42 Å². The monoisotopic (exact) mass is 267 g/mol. The summed E-state index contributed by atoms with van der Waals surface area (Å²) in [5.74, 6) is 0.882. The van der Waals surface area contributed by atoms with Gasteiger partial charge in [0.05, 0.1) is 10.6 Å². The number of benzene rings is 1. The molecule has 1 unspecified atom stereocenters. The molecule has 18 heavy (non-hydrogen) atoms. The Kier molecular flexibility index (Phi) is 3.41. The molecule has 3 nitrogen and oxygen atoms in total. The smallest absolute Gasteiger partial charge is 0.178 e. The van der Waals surface area contributed by atoms with E-state index >= 15 is 0 Å². The minimum atomic E-state index is -3.08. The van der Waals surface area contributed by atoms with Crippen molar-refractivity contribution in [1.82, 2.24) is 0 Å². The van der Waals surface area contributed by atoms with Gasteiger partial charge in [0.15, 0.2) is 9.84 Å². The van der Waals surface area contributed by atoms with E-state index in [1.807, 2.05) is 12.1 Å². The lowest BCUT2D eigenvalue weighted by Crippen LogP contribution is -2.08. The summed E-state index contributed by atoms with van der Waals surface area (Å²) in [6, 6.07) is 7.05. The molecular formula is C14H21NO2S. The van der Waals surface area contributed by atoms with Crippen LogP contribution in [0.2, 0.25) is 0 Å². The third kappa shape index (κ3) is 2.86. The summed E-state index contributed by atoms with van der Waals surface area (Å²) in [6.45, 7) is 7.18. The largest absolute Gasteiger partial charge is 0.385 e. The second-order valence-electron chi connectivity index (χ2n) is 5.70. The Morgan fingerprint density at radius 3 is 2.28 bits per heavy atom. The topological polar surface area (TPSA) is 46.2 Å². The van der Waals surface area contributed by atoms with Crippen molar-refractivity contribution in [2.24, 2.45) is 11.3 Å². The number of rotatable bonds is 5. The van der Waals surface area contributed by atoms with Gasteiger partial charge in [-0.2, -0.15) is 0 Å². The van der Waals surface area contributed by atoms with Crippen LogP contribution in [0, 0.1) is 11.3 Å². The highest BCUT2D eigenvalue weighted by atomic mass is 32.2. The van der Waals surface area contributed by atoms with Crippen LogP contribution in [0.3, 0.4) is 0 Å². The number of nitrogens with one attached hydrogen (secondary N) is 1. The molecule has 0 aliphatic heterocycles. The summed E-state index contributed by atoms with van der Waals surface area (Å²) in [5.41, 5.74) is 1.46. The quantitative estimate of drug-likeness (QED) is 0.892. The molecule has 0 aromatic heterocycles. The second-order valence-corrected chi connectivity index (χ2v) is 7.98. The molecule has 1 atom stereocenters. The molecule has 0 radical (unpaired) electrons. The van der Waals surface area contributed by atoms with E-state index < -0.39 is 9.84 Å². The van der Waals surface area contributed by atoms with Crippen molar-refractivity contribution >= 4 is 15.5 Å². The van der Waals surface area contributed by atoms with E-state index in [4.69, 9.17) is 0 Å². The first-order valence-electron chi connectivity index (χ1n) is 6.42. The summed E-state index contributed by atoms with van der Waals surface area (Å²) < 4.78 is 23.3. The van der Waals surface area contributed by atoms with Crippen molar-refractivity contribution in [3.63, 3.8) is 0 Å². The predicted molar refractivity (Wildman–Crippen MR) is 74.5 cm³/mol. The van der Waals surface area contributed by atoms with Crippen molar-refractivity contribution in [3.05, 3.63) is 24.3 Å². The molecule has 1 N–H and O–H groups in total. The average molecular weight is 267 g/mol. The summed E-state index contributed by atoms with van der Waals surface area (Å²) in [4.78, 5) is 0.405. The van der Waals surface area contributed by atoms with Gasteiger partial charge in [-0.15, -0.1) is 0 Å². The lowest BCUT2D eigenvalue weighted by atomic mass is 10.1. The van der Waals surface area contributed by atoms with E-state index in [2.05, 4.69) is 19.2 Å². The van der Waals surface area contributed by atoms with Crippen molar-refractivity contribution in [2.75, 3.05) is 17.6 Å². The molecule has 1 aliphatic rings. The van der Waals surface area contributed by atoms with E-state index in [-0.39, 0.29) is 5.75 Å². The molecule has 0 amide bonds. The van der Waals surface area contributed by atoms with Crippen LogP contribution in [-0.2, 0) is 9.84 Å². The third-order valence-electron chi connectivity index (χ3n) is 3.86. The number of hydrogen-bond donors (Lipinski definition) is 1. The van der Waals surface area contributed by atoms with Crippen molar-refractivity contribution in [3.8, 4) is 0 Å². The summed E-state index contributed by atoms with van der Waals surface area (Å²) >= 11 is 0. The van der Waals surface area contributed by atoms with E-state index in [1.54, 1.807) is 19.1 Å². The molecule has 1 aromatic rings. The van der Waals surface area contributed by atoms with Gasteiger partial charge in [0.25, 0.3) is 0 Å². The highest BCUT2D eigenvalue weighted by Crippen LogP contribution is 2.51. The molecule has 1 aliphatic carbocycles. The average Bonchev–Trinajstić information content (AvgIpc) is 2.95.